The molecule has 38 heavy (non-hydrogen) atoms. The maximum Gasteiger partial charge on any atom is 0.264 e. The van der Waals surface area contributed by atoms with Gasteiger partial charge < -0.3 is 9.64 Å². The van der Waals surface area contributed by atoms with Gasteiger partial charge in [0, 0.05) is 10.2 Å². The normalized spacial score (nSPS) is 18.6. The number of nitrogens with zero attached hydrogens (tertiary/aromatic N) is 2. The van der Waals surface area contributed by atoms with Crippen LogP contribution in [0.25, 0.3) is 0 Å². The molecule has 1 saturated heterocycles. The Bertz CT molecular complexity index is 1420. The predicted molar refractivity (Wildman–Crippen MR) is 152 cm³/mol. The van der Waals surface area contributed by atoms with Gasteiger partial charge in [-0.05, 0) is 48.4 Å². The molecule has 0 aromatic heterocycles. The monoisotopic (exact) mass is 654 g/mol. The van der Waals surface area contributed by atoms with Crippen molar-refractivity contribution >= 4 is 85.7 Å². The van der Waals surface area contributed by atoms with E-state index in [9.17, 15) is 14.4 Å². The molecular weight excluding hydrogens is 638 g/mol. The number of benzene rings is 3. The molecule has 3 aromatic rings. The van der Waals surface area contributed by atoms with Crippen molar-refractivity contribution in [3.63, 3.8) is 0 Å². The number of hydrogen-bond donors (Lipinski definition) is 0. The summed E-state index contributed by atoms with van der Waals surface area (Å²) in [5.74, 6) is -1.26. The lowest BCUT2D eigenvalue weighted by Gasteiger charge is -2.49. The fraction of sp³-hybridized carbons (Fsp3) is 0.222. The minimum atomic E-state index is -1.14. The van der Waals surface area contributed by atoms with Crippen molar-refractivity contribution in [2.45, 2.75) is 31.8 Å². The van der Waals surface area contributed by atoms with Crippen molar-refractivity contribution in [3.05, 3.63) is 89.8 Å². The zero-order valence-electron chi connectivity index (χ0n) is 19.8. The molecule has 0 N–H and O–H groups in total. The summed E-state index contributed by atoms with van der Waals surface area (Å²) in [6, 6.07) is 12.6. The molecule has 5 rings (SSSR count). The zero-order chi connectivity index (χ0) is 27.3. The zero-order valence-corrected chi connectivity index (χ0v) is 24.4. The molecule has 2 heterocycles. The highest BCUT2D eigenvalue weighted by atomic mass is 79.9. The van der Waals surface area contributed by atoms with Gasteiger partial charge in [0.2, 0.25) is 0 Å². The van der Waals surface area contributed by atoms with Crippen LogP contribution < -0.4 is 9.64 Å². The molecule has 2 atom stereocenters. The number of rotatable bonds is 7. The lowest BCUT2D eigenvalue weighted by molar-refractivity contribution is -0.130. The van der Waals surface area contributed by atoms with Crippen LogP contribution in [0, 0.1) is 0 Å². The highest BCUT2D eigenvalue weighted by Gasteiger charge is 2.58. The smallest absolute Gasteiger partial charge is 0.264 e. The molecular formula is C27H19BrCl4N2O4. The minimum absolute atomic E-state index is 0.133. The Balaban J connectivity index is 1.56. The van der Waals surface area contributed by atoms with Crippen LogP contribution in [0.3, 0.4) is 0 Å². The summed E-state index contributed by atoms with van der Waals surface area (Å²) in [6.07, 6.45) is 1.94. The van der Waals surface area contributed by atoms with Gasteiger partial charge in [-0.15, -0.1) is 0 Å². The molecule has 3 aromatic carbocycles. The molecule has 0 saturated carbocycles. The number of anilines is 1. The molecule has 0 bridgehead atoms. The number of hydrogen-bond acceptors (Lipinski definition) is 4. The number of carbonyl (C=O) groups excluding carboxylic acids is 3. The van der Waals surface area contributed by atoms with Crippen molar-refractivity contribution in [2.75, 3.05) is 11.5 Å². The van der Waals surface area contributed by atoms with E-state index in [1.807, 2.05) is 24.3 Å². The van der Waals surface area contributed by atoms with Crippen LogP contribution in [-0.2, 0) is 4.79 Å². The fourth-order valence-electron chi connectivity index (χ4n) is 4.66. The van der Waals surface area contributed by atoms with E-state index >= 15 is 0 Å². The molecule has 2 aliphatic heterocycles. The van der Waals surface area contributed by atoms with Crippen LogP contribution in [0.1, 0.15) is 52.1 Å². The standard InChI is InChI=1S/C27H19BrCl4N2O4/c1-2-3-12-38-16-10-4-13(5-11-16)23-24(27(37)33(23)15-8-6-14(28)7-9-15)34-25(35)17-18(26(34)36)20(30)22(32)21(31)19(17)29/h4-11,23-24H,2-3,12H2,1H3/t23-,24-/m1/s1. The van der Waals surface area contributed by atoms with Crippen LogP contribution >= 0.6 is 62.3 Å². The first-order chi connectivity index (χ1) is 18.2. The highest BCUT2D eigenvalue weighted by Crippen LogP contribution is 2.49. The molecule has 196 valence electrons. The maximum atomic E-state index is 13.6. The highest BCUT2D eigenvalue weighted by molar-refractivity contribution is 9.10. The first kappa shape index (κ1) is 27.3. The average Bonchev–Trinajstić information content (AvgIpc) is 3.16. The van der Waals surface area contributed by atoms with E-state index in [1.165, 1.54) is 0 Å². The summed E-state index contributed by atoms with van der Waals surface area (Å²) < 4.78 is 6.61. The summed E-state index contributed by atoms with van der Waals surface area (Å²) >= 11 is 28.4. The van der Waals surface area contributed by atoms with Gasteiger partial charge in [-0.25, -0.2) is 0 Å². The summed E-state index contributed by atoms with van der Waals surface area (Å²) in [5, 5.41) is -0.629. The molecule has 2 aliphatic rings. The lowest BCUT2D eigenvalue weighted by Crippen LogP contribution is -2.67. The van der Waals surface area contributed by atoms with Crippen molar-refractivity contribution < 1.29 is 19.1 Å². The van der Waals surface area contributed by atoms with E-state index in [2.05, 4.69) is 22.9 Å². The number of imide groups is 1. The van der Waals surface area contributed by atoms with Gasteiger partial charge in [0.1, 0.15) is 11.8 Å². The van der Waals surface area contributed by atoms with Crippen molar-refractivity contribution in [1.29, 1.82) is 0 Å². The first-order valence-corrected chi connectivity index (χ1v) is 14.0. The van der Waals surface area contributed by atoms with Crippen LogP contribution in [0.5, 0.6) is 5.75 Å². The molecule has 1 fully saturated rings. The quantitative estimate of drug-likeness (QED) is 0.0850. The topological polar surface area (TPSA) is 66.9 Å². The SMILES string of the molecule is CCCCOc1ccc([C@@H]2[C@@H](N3C(=O)c4c(Cl)c(Cl)c(Cl)c(Cl)c4C3=O)C(=O)N2c2ccc(Br)cc2)cc1. The van der Waals surface area contributed by atoms with Crippen LogP contribution in [0.15, 0.2) is 53.0 Å². The predicted octanol–water partition coefficient (Wildman–Crippen LogP) is 7.99. The van der Waals surface area contributed by atoms with E-state index in [4.69, 9.17) is 51.1 Å². The van der Waals surface area contributed by atoms with Gasteiger partial charge in [-0.1, -0.05) is 87.8 Å². The third-order valence-corrected chi connectivity index (χ3v) is 8.90. The third-order valence-electron chi connectivity index (χ3n) is 6.57. The molecule has 0 spiro atoms. The molecule has 0 radical (unpaired) electrons. The second-order valence-corrected chi connectivity index (χ2v) is 11.3. The fourth-order valence-corrected chi connectivity index (χ4v) is 5.94. The van der Waals surface area contributed by atoms with Crippen molar-refractivity contribution in [1.82, 2.24) is 4.90 Å². The van der Waals surface area contributed by atoms with E-state index in [-0.39, 0.29) is 31.2 Å². The van der Waals surface area contributed by atoms with Crippen LogP contribution in [0.2, 0.25) is 20.1 Å². The minimum Gasteiger partial charge on any atom is -0.494 e. The van der Waals surface area contributed by atoms with Gasteiger partial charge in [-0.3, -0.25) is 19.3 Å². The van der Waals surface area contributed by atoms with E-state index < -0.39 is 29.8 Å². The maximum absolute atomic E-state index is 13.6. The molecule has 11 heteroatoms. The van der Waals surface area contributed by atoms with E-state index in [0.717, 1.165) is 22.2 Å². The number of β-lactam (4-membered cyclic amide) rings is 1. The Morgan fingerprint density at radius 3 is 1.84 bits per heavy atom. The largest absolute Gasteiger partial charge is 0.494 e. The second kappa shape index (κ2) is 10.7. The number of fused-ring (bicyclic) bond motifs is 1. The van der Waals surface area contributed by atoms with Crippen LogP contribution in [-0.4, -0.2) is 35.3 Å². The summed E-state index contributed by atoms with van der Waals surface area (Å²) in [5.41, 5.74) is 1.00. The van der Waals surface area contributed by atoms with Gasteiger partial charge in [0.05, 0.1) is 43.9 Å². The first-order valence-electron chi connectivity index (χ1n) is 11.7. The van der Waals surface area contributed by atoms with Crippen molar-refractivity contribution in [2.24, 2.45) is 0 Å². The summed E-state index contributed by atoms with van der Waals surface area (Å²) in [7, 11) is 0. The Kier molecular flexibility index (Phi) is 7.68. The Morgan fingerprint density at radius 1 is 0.763 bits per heavy atom. The second-order valence-electron chi connectivity index (χ2n) is 8.83. The van der Waals surface area contributed by atoms with Gasteiger partial charge >= 0.3 is 0 Å². The van der Waals surface area contributed by atoms with E-state index in [1.54, 1.807) is 29.2 Å². The lowest BCUT2D eigenvalue weighted by atomic mass is 9.86. The van der Waals surface area contributed by atoms with Gasteiger partial charge in [0.15, 0.2) is 0 Å². The summed E-state index contributed by atoms with van der Waals surface area (Å²) in [6.45, 7) is 2.67. The number of unbranched alkanes of at least 4 members (excludes halogenated alkanes) is 1. The third kappa shape index (κ3) is 4.38. The van der Waals surface area contributed by atoms with E-state index in [0.29, 0.717) is 23.6 Å². The van der Waals surface area contributed by atoms with Gasteiger partial charge in [0.25, 0.3) is 17.7 Å². The average molecular weight is 657 g/mol. The Hall–Kier alpha value is -2.29. The Labute approximate surface area is 247 Å². The Morgan fingerprint density at radius 2 is 1.32 bits per heavy atom. The molecule has 3 amide bonds. The number of ether oxygens (including phenoxy) is 1. The molecule has 0 unspecified atom stereocenters. The van der Waals surface area contributed by atoms with Crippen molar-refractivity contribution in [3.8, 4) is 5.75 Å². The molecule has 6 nitrogen and oxygen atoms in total. The molecule has 0 aliphatic carbocycles. The number of carbonyl (C=O) groups is 3. The number of amides is 3. The summed E-state index contributed by atoms with van der Waals surface area (Å²) in [4.78, 5) is 43.2. The number of halogens is 5. The van der Waals surface area contributed by atoms with Gasteiger partial charge in [-0.2, -0.15) is 0 Å². The van der Waals surface area contributed by atoms with Crippen LogP contribution in [0.4, 0.5) is 5.69 Å².